The van der Waals surface area contributed by atoms with Crippen LogP contribution >= 0.6 is 0 Å². The molecule has 44 heavy (non-hydrogen) atoms. The number of amides is 1. The molecule has 3 N–H and O–H groups in total. The largest absolute Gasteiger partial charge is 0.378 e. The molecule has 0 aliphatic carbocycles. The third kappa shape index (κ3) is 8.45. The summed E-state index contributed by atoms with van der Waals surface area (Å²) < 4.78 is 2.10. The average molecular weight is 597 g/mol. The molecule has 1 saturated heterocycles. The van der Waals surface area contributed by atoms with Gasteiger partial charge in [-0.15, -0.1) is 10.2 Å². The van der Waals surface area contributed by atoms with Gasteiger partial charge in [0.15, 0.2) is 11.6 Å². The minimum absolute atomic E-state index is 0.123. The van der Waals surface area contributed by atoms with Gasteiger partial charge in [0.2, 0.25) is 0 Å². The van der Waals surface area contributed by atoms with Crippen molar-refractivity contribution in [3.05, 3.63) is 83.8 Å². The number of aryl methyl sites for hydroxylation is 1. The molecule has 0 radical (unpaired) electrons. The van der Waals surface area contributed by atoms with E-state index in [9.17, 15) is 4.79 Å². The van der Waals surface area contributed by atoms with E-state index in [1.54, 1.807) is 12.4 Å². The molecule has 1 unspecified atom stereocenters. The maximum Gasteiger partial charge on any atom is 0.251 e. The van der Waals surface area contributed by atoms with Crippen molar-refractivity contribution in [2.75, 3.05) is 31.5 Å². The molecule has 232 valence electrons. The third-order valence-corrected chi connectivity index (χ3v) is 8.29. The number of anilines is 1. The number of nitrogens with zero attached hydrogens (tertiary/aromatic N) is 7. The second-order valence-electron chi connectivity index (χ2n) is 11.3. The Morgan fingerprint density at radius 1 is 1.00 bits per heavy atom. The molecule has 1 aliphatic rings. The summed E-state index contributed by atoms with van der Waals surface area (Å²) in [6.07, 6.45) is 12.8. The highest BCUT2D eigenvalue weighted by Gasteiger charge is 2.18. The smallest absolute Gasteiger partial charge is 0.251 e. The van der Waals surface area contributed by atoms with Crippen LogP contribution in [-0.4, -0.2) is 72.7 Å². The van der Waals surface area contributed by atoms with Crippen LogP contribution in [0.25, 0.3) is 11.5 Å². The Balaban J connectivity index is 1.17. The van der Waals surface area contributed by atoms with Gasteiger partial charge in [-0.25, -0.2) is 9.97 Å². The predicted octanol–water partition coefficient (Wildman–Crippen LogP) is 4.09. The molecule has 5 rings (SSSR count). The first-order valence-corrected chi connectivity index (χ1v) is 15.8. The Morgan fingerprint density at radius 2 is 1.91 bits per heavy atom. The summed E-state index contributed by atoms with van der Waals surface area (Å²) in [6.45, 7) is 10.2. The van der Waals surface area contributed by atoms with Crippen molar-refractivity contribution in [2.24, 2.45) is 0 Å². The van der Waals surface area contributed by atoms with Gasteiger partial charge in [0.1, 0.15) is 12.0 Å². The van der Waals surface area contributed by atoms with Crippen molar-refractivity contribution in [3.63, 3.8) is 0 Å². The second-order valence-corrected chi connectivity index (χ2v) is 11.3. The highest BCUT2D eigenvalue weighted by atomic mass is 16.1. The van der Waals surface area contributed by atoms with Gasteiger partial charge in [-0.1, -0.05) is 19.4 Å². The number of pyridine rings is 1. The number of aromatic nitrogens is 6. The van der Waals surface area contributed by atoms with Gasteiger partial charge >= 0.3 is 0 Å². The third-order valence-electron chi connectivity index (χ3n) is 8.29. The Hall–Kier alpha value is -4.22. The van der Waals surface area contributed by atoms with Crippen LogP contribution in [0.4, 0.5) is 5.69 Å². The number of rotatable bonds is 15. The maximum atomic E-state index is 13.0. The molecular weight excluding hydrogens is 552 g/mol. The van der Waals surface area contributed by atoms with E-state index in [1.807, 2.05) is 42.6 Å². The molecule has 4 aromatic rings. The summed E-state index contributed by atoms with van der Waals surface area (Å²) in [5.74, 6) is 1.38. The Kier molecular flexibility index (Phi) is 11.4. The standard InChI is InChI=1S/C33H44N10O/c1-3-26-21-35-14-11-28(26)22-38-33(44)27-9-6-10-29(20-27)37-23-31-40-41-32(30-12-15-36-24-39-30)43(31)19-16-34-13-7-18-42-17-5-4-8-25(42)2/h6,9-12,14-15,20-21,24-25,34,37H,3-5,7-8,13,16-19,22-23H2,1-2H3,(H,38,44). The van der Waals surface area contributed by atoms with Crippen molar-refractivity contribution < 1.29 is 4.79 Å². The molecule has 1 atom stereocenters. The van der Waals surface area contributed by atoms with Crippen LogP contribution in [-0.2, 0) is 26.1 Å². The number of carbonyl (C=O) groups excluding carboxylic acids is 1. The van der Waals surface area contributed by atoms with E-state index in [4.69, 9.17) is 0 Å². The number of benzene rings is 1. The number of piperidine rings is 1. The highest BCUT2D eigenvalue weighted by molar-refractivity contribution is 5.95. The van der Waals surface area contributed by atoms with Gasteiger partial charge in [-0.2, -0.15) is 0 Å². The van der Waals surface area contributed by atoms with Crippen molar-refractivity contribution in [1.29, 1.82) is 0 Å². The topological polar surface area (TPSA) is 126 Å². The summed E-state index contributed by atoms with van der Waals surface area (Å²) >= 11 is 0. The van der Waals surface area contributed by atoms with Crippen molar-refractivity contribution in [3.8, 4) is 11.5 Å². The molecule has 0 spiro atoms. The minimum Gasteiger partial charge on any atom is -0.378 e. The highest BCUT2D eigenvalue weighted by Crippen LogP contribution is 2.18. The van der Waals surface area contributed by atoms with Crippen LogP contribution in [0.15, 0.2) is 61.3 Å². The summed E-state index contributed by atoms with van der Waals surface area (Å²) in [7, 11) is 0. The molecule has 0 saturated carbocycles. The minimum atomic E-state index is -0.123. The molecule has 1 aliphatic heterocycles. The fourth-order valence-corrected chi connectivity index (χ4v) is 5.70. The lowest BCUT2D eigenvalue weighted by molar-refractivity contribution is 0.0951. The van der Waals surface area contributed by atoms with E-state index in [2.05, 4.69) is 64.4 Å². The van der Waals surface area contributed by atoms with Crippen LogP contribution in [0.2, 0.25) is 0 Å². The molecule has 4 heterocycles. The predicted molar refractivity (Wildman–Crippen MR) is 172 cm³/mol. The summed E-state index contributed by atoms with van der Waals surface area (Å²) in [6, 6.07) is 12.0. The van der Waals surface area contributed by atoms with Gasteiger partial charge in [0.25, 0.3) is 5.91 Å². The fourth-order valence-electron chi connectivity index (χ4n) is 5.70. The molecule has 0 bridgehead atoms. The van der Waals surface area contributed by atoms with Crippen molar-refractivity contribution >= 4 is 11.6 Å². The zero-order valence-corrected chi connectivity index (χ0v) is 25.9. The van der Waals surface area contributed by atoms with Gasteiger partial charge in [-0.3, -0.25) is 9.78 Å². The molecule has 1 aromatic carbocycles. The van der Waals surface area contributed by atoms with Gasteiger partial charge in [0.05, 0.1) is 6.54 Å². The van der Waals surface area contributed by atoms with E-state index < -0.39 is 0 Å². The van der Waals surface area contributed by atoms with E-state index in [0.717, 1.165) is 60.8 Å². The molecular formula is C33H44N10O. The lowest BCUT2D eigenvalue weighted by atomic mass is 10.0. The Labute approximate surface area is 259 Å². The van der Waals surface area contributed by atoms with Crippen LogP contribution in [0, 0.1) is 0 Å². The van der Waals surface area contributed by atoms with E-state index in [-0.39, 0.29) is 5.91 Å². The number of hydrogen-bond acceptors (Lipinski definition) is 9. The molecule has 1 amide bonds. The van der Waals surface area contributed by atoms with Gasteiger partial charge in [0, 0.05) is 55.5 Å². The maximum absolute atomic E-state index is 13.0. The van der Waals surface area contributed by atoms with Crippen molar-refractivity contribution in [1.82, 2.24) is 45.2 Å². The number of likely N-dealkylation sites (tertiary alicyclic amines) is 1. The number of nitrogens with one attached hydrogen (secondary N) is 3. The van der Waals surface area contributed by atoms with E-state index in [1.165, 1.54) is 32.1 Å². The molecule has 1 fully saturated rings. The summed E-state index contributed by atoms with van der Waals surface area (Å²) in [5.41, 5.74) is 4.37. The van der Waals surface area contributed by atoms with Crippen LogP contribution in [0.3, 0.4) is 0 Å². The lowest BCUT2D eigenvalue weighted by Crippen LogP contribution is -2.39. The zero-order chi connectivity index (χ0) is 30.6. The van der Waals surface area contributed by atoms with Crippen LogP contribution in [0.1, 0.15) is 66.8 Å². The second kappa shape index (κ2) is 16.0. The molecule has 11 nitrogen and oxygen atoms in total. The van der Waals surface area contributed by atoms with E-state index >= 15 is 0 Å². The quantitative estimate of drug-likeness (QED) is 0.174. The number of hydrogen-bond donors (Lipinski definition) is 3. The Morgan fingerprint density at radius 3 is 2.75 bits per heavy atom. The van der Waals surface area contributed by atoms with E-state index in [0.29, 0.717) is 37.1 Å². The summed E-state index contributed by atoms with van der Waals surface area (Å²) in [4.78, 5) is 28.2. The monoisotopic (exact) mass is 596 g/mol. The lowest BCUT2D eigenvalue weighted by Gasteiger charge is -2.33. The van der Waals surface area contributed by atoms with Gasteiger partial charge < -0.3 is 25.4 Å². The molecule has 3 aromatic heterocycles. The zero-order valence-electron chi connectivity index (χ0n) is 25.9. The number of carbonyl (C=O) groups is 1. The van der Waals surface area contributed by atoms with Gasteiger partial charge in [-0.05, 0) is 93.7 Å². The SMILES string of the molecule is CCc1cnccc1CNC(=O)c1cccc(NCc2nnc(-c3ccncn3)n2CCNCCCN2CCCCC2C)c1. The first-order chi connectivity index (χ1) is 21.6. The first kappa shape index (κ1) is 31.2. The molecule has 11 heteroatoms. The van der Waals surface area contributed by atoms with Crippen LogP contribution in [0.5, 0.6) is 0 Å². The average Bonchev–Trinajstić information content (AvgIpc) is 3.48. The Bertz CT molecular complexity index is 1470. The fraction of sp³-hybridized carbons (Fsp3) is 0.455. The summed E-state index contributed by atoms with van der Waals surface area (Å²) in [5, 5.41) is 19.1. The normalized spacial score (nSPS) is 15.3. The first-order valence-electron chi connectivity index (χ1n) is 15.8. The van der Waals surface area contributed by atoms with Crippen LogP contribution < -0.4 is 16.0 Å². The van der Waals surface area contributed by atoms with Crippen molar-refractivity contribution in [2.45, 2.75) is 71.6 Å².